The van der Waals surface area contributed by atoms with Crippen LogP contribution in [0, 0.1) is 6.92 Å². The number of aromatic nitrogens is 2. The summed E-state index contributed by atoms with van der Waals surface area (Å²) in [7, 11) is -3.35. The van der Waals surface area contributed by atoms with E-state index in [1.54, 1.807) is 6.92 Å². The molecule has 2 N–H and O–H groups in total. The minimum Gasteiger partial charge on any atom is -0.343 e. The van der Waals surface area contributed by atoms with Gasteiger partial charge in [-0.3, -0.25) is 9.52 Å². The number of rotatable bonds is 7. The third kappa shape index (κ3) is 4.95. The van der Waals surface area contributed by atoms with Gasteiger partial charge < -0.3 is 9.84 Å². The topological polar surface area (TPSA) is 114 Å². The van der Waals surface area contributed by atoms with Crippen molar-refractivity contribution in [2.75, 3.05) is 10.5 Å². The Balaban J connectivity index is 1.59. The van der Waals surface area contributed by atoms with Crippen LogP contribution in [-0.2, 0) is 16.6 Å². The van der Waals surface area contributed by atoms with Crippen molar-refractivity contribution in [3.8, 4) is 11.4 Å². The van der Waals surface area contributed by atoms with Crippen LogP contribution in [-0.4, -0.2) is 30.2 Å². The molecule has 1 amide bonds. The van der Waals surface area contributed by atoms with Crippen LogP contribution in [0.5, 0.6) is 0 Å². The molecule has 0 aliphatic rings. The molecule has 0 saturated heterocycles. The molecule has 0 atom stereocenters. The summed E-state index contributed by atoms with van der Waals surface area (Å²) in [5, 5.41) is 6.61. The van der Waals surface area contributed by atoms with Crippen molar-refractivity contribution < 1.29 is 17.7 Å². The lowest BCUT2D eigenvalue weighted by atomic mass is 10.1. The Kier molecular flexibility index (Phi) is 5.74. The normalized spacial score (nSPS) is 11.2. The van der Waals surface area contributed by atoms with Gasteiger partial charge in [0.15, 0.2) is 0 Å². The van der Waals surface area contributed by atoms with Crippen LogP contribution >= 0.6 is 0 Å². The molecule has 0 saturated carbocycles. The van der Waals surface area contributed by atoms with Crippen LogP contribution in [0.1, 0.15) is 28.7 Å². The largest absolute Gasteiger partial charge is 0.343 e. The maximum atomic E-state index is 12.2. The minimum atomic E-state index is -3.35. The molecule has 8 nitrogen and oxygen atoms in total. The van der Waals surface area contributed by atoms with Gasteiger partial charge in [-0.05, 0) is 38.1 Å². The van der Waals surface area contributed by atoms with E-state index in [1.165, 1.54) is 24.3 Å². The molecule has 0 aliphatic heterocycles. The number of carbonyl (C=O) groups is 1. The van der Waals surface area contributed by atoms with E-state index in [9.17, 15) is 13.2 Å². The summed E-state index contributed by atoms with van der Waals surface area (Å²) in [6.45, 7) is 3.63. The standard InChI is InChI=1S/C19H20N4O4S/c1-3-28(25,26)23-16-10-8-15(9-11-16)19(24)20-12-17-21-18(22-27-17)14-6-4-13(2)5-7-14/h4-11,23H,3,12H2,1-2H3,(H,20,24). The lowest BCUT2D eigenvalue weighted by Gasteiger charge is -2.07. The lowest BCUT2D eigenvalue weighted by Crippen LogP contribution is -2.23. The Morgan fingerprint density at radius 1 is 1.07 bits per heavy atom. The molecule has 0 aliphatic carbocycles. The van der Waals surface area contributed by atoms with E-state index in [-0.39, 0.29) is 24.1 Å². The molecule has 28 heavy (non-hydrogen) atoms. The second kappa shape index (κ2) is 8.22. The molecule has 0 unspecified atom stereocenters. The number of benzene rings is 2. The van der Waals surface area contributed by atoms with E-state index in [1.807, 2.05) is 31.2 Å². The van der Waals surface area contributed by atoms with Gasteiger partial charge in [-0.2, -0.15) is 4.98 Å². The van der Waals surface area contributed by atoms with Gasteiger partial charge in [-0.1, -0.05) is 35.0 Å². The summed E-state index contributed by atoms with van der Waals surface area (Å²) in [4.78, 5) is 16.5. The van der Waals surface area contributed by atoms with Gasteiger partial charge in [-0.25, -0.2) is 8.42 Å². The van der Waals surface area contributed by atoms with Crippen LogP contribution in [0.4, 0.5) is 5.69 Å². The van der Waals surface area contributed by atoms with Crippen molar-refractivity contribution in [2.24, 2.45) is 0 Å². The number of amides is 1. The van der Waals surface area contributed by atoms with E-state index in [0.717, 1.165) is 11.1 Å². The number of nitrogens with one attached hydrogen (secondary N) is 2. The summed E-state index contributed by atoms with van der Waals surface area (Å²) in [6, 6.07) is 13.8. The van der Waals surface area contributed by atoms with Gasteiger partial charge in [0.25, 0.3) is 5.91 Å². The monoisotopic (exact) mass is 400 g/mol. The Morgan fingerprint density at radius 3 is 2.39 bits per heavy atom. The summed E-state index contributed by atoms with van der Waals surface area (Å²) >= 11 is 0. The van der Waals surface area contributed by atoms with Crippen molar-refractivity contribution in [3.63, 3.8) is 0 Å². The fourth-order valence-electron chi connectivity index (χ4n) is 2.35. The predicted octanol–water partition coefficient (Wildman–Crippen LogP) is 2.74. The molecule has 9 heteroatoms. The van der Waals surface area contributed by atoms with Gasteiger partial charge in [0.2, 0.25) is 21.7 Å². The fourth-order valence-corrected chi connectivity index (χ4v) is 2.99. The molecule has 1 heterocycles. The molecule has 0 bridgehead atoms. The Bertz CT molecular complexity index is 1060. The first kappa shape index (κ1) is 19.6. The molecular formula is C19H20N4O4S. The fraction of sp³-hybridized carbons (Fsp3) is 0.211. The van der Waals surface area contributed by atoms with E-state index >= 15 is 0 Å². The summed E-state index contributed by atoms with van der Waals surface area (Å²) in [6.07, 6.45) is 0. The van der Waals surface area contributed by atoms with E-state index < -0.39 is 10.0 Å². The summed E-state index contributed by atoms with van der Waals surface area (Å²) < 4.78 is 30.7. The van der Waals surface area contributed by atoms with Crippen LogP contribution < -0.4 is 10.0 Å². The van der Waals surface area contributed by atoms with Gasteiger partial charge >= 0.3 is 0 Å². The highest BCUT2D eigenvalue weighted by Gasteiger charge is 2.12. The van der Waals surface area contributed by atoms with E-state index in [4.69, 9.17) is 4.52 Å². The van der Waals surface area contributed by atoms with Gasteiger partial charge in [0, 0.05) is 16.8 Å². The maximum absolute atomic E-state index is 12.2. The third-order valence-electron chi connectivity index (χ3n) is 3.98. The zero-order valence-corrected chi connectivity index (χ0v) is 16.3. The van der Waals surface area contributed by atoms with Gasteiger partial charge in [-0.15, -0.1) is 0 Å². The Labute approximate surface area is 163 Å². The number of carbonyl (C=O) groups excluding carboxylic acids is 1. The predicted molar refractivity (Wildman–Crippen MR) is 105 cm³/mol. The van der Waals surface area contributed by atoms with Crippen LogP contribution in [0.15, 0.2) is 53.1 Å². The molecule has 3 rings (SSSR count). The van der Waals surface area contributed by atoms with Crippen LogP contribution in [0.3, 0.4) is 0 Å². The highest BCUT2D eigenvalue weighted by atomic mass is 32.2. The smallest absolute Gasteiger partial charge is 0.251 e. The minimum absolute atomic E-state index is 0.0238. The first-order chi connectivity index (χ1) is 13.4. The molecule has 1 aromatic heterocycles. The Hall–Kier alpha value is -3.20. The second-order valence-electron chi connectivity index (χ2n) is 6.14. The highest BCUT2D eigenvalue weighted by molar-refractivity contribution is 7.92. The van der Waals surface area contributed by atoms with Gasteiger partial charge in [0.05, 0.1) is 12.3 Å². The van der Waals surface area contributed by atoms with Crippen molar-refractivity contribution in [2.45, 2.75) is 20.4 Å². The molecular weight excluding hydrogens is 380 g/mol. The number of aryl methyl sites for hydroxylation is 1. The molecule has 2 aromatic carbocycles. The van der Waals surface area contributed by atoms with Crippen molar-refractivity contribution in [1.82, 2.24) is 15.5 Å². The SMILES string of the molecule is CCS(=O)(=O)Nc1ccc(C(=O)NCc2nc(-c3ccc(C)cc3)no2)cc1. The third-order valence-corrected chi connectivity index (χ3v) is 5.29. The van der Waals surface area contributed by atoms with Crippen molar-refractivity contribution in [1.29, 1.82) is 0 Å². The average molecular weight is 400 g/mol. The maximum Gasteiger partial charge on any atom is 0.251 e. The van der Waals surface area contributed by atoms with Crippen LogP contribution in [0.25, 0.3) is 11.4 Å². The van der Waals surface area contributed by atoms with Gasteiger partial charge in [0.1, 0.15) is 0 Å². The quantitative estimate of drug-likeness (QED) is 0.630. The van der Waals surface area contributed by atoms with Crippen molar-refractivity contribution >= 4 is 21.6 Å². The number of nitrogens with zero attached hydrogens (tertiary/aromatic N) is 2. The van der Waals surface area contributed by atoms with Crippen molar-refractivity contribution in [3.05, 3.63) is 65.5 Å². The highest BCUT2D eigenvalue weighted by Crippen LogP contribution is 2.16. The van der Waals surface area contributed by atoms with E-state index in [0.29, 0.717) is 17.1 Å². The summed E-state index contributed by atoms with van der Waals surface area (Å²) in [5.74, 6) is 0.386. The van der Waals surface area contributed by atoms with Crippen LogP contribution in [0.2, 0.25) is 0 Å². The second-order valence-corrected chi connectivity index (χ2v) is 8.15. The number of hydrogen-bond acceptors (Lipinski definition) is 6. The molecule has 146 valence electrons. The zero-order valence-electron chi connectivity index (χ0n) is 15.5. The first-order valence-electron chi connectivity index (χ1n) is 8.64. The molecule has 0 spiro atoms. The number of sulfonamides is 1. The molecule has 0 fully saturated rings. The number of anilines is 1. The lowest BCUT2D eigenvalue weighted by molar-refractivity contribution is 0.0946. The average Bonchev–Trinajstić information content (AvgIpc) is 3.16. The zero-order chi connectivity index (χ0) is 20.1. The number of hydrogen-bond donors (Lipinski definition) is 2. The first-order valence-corrected chi connectivity index (χ1v) is 10.3. The Morgan fingerprint density at radius 2 is 1.75 bits per heavy atom. The van der Waals surface area contributed by atoms with E-state index in [2.05, 4.69) is 20.2 Å². The molecule has 0 radical (unpaired) electrons. The summed E-state index contributed by atoms with van der Waals surface area (Å²) in [5.41, 5.74) is 2.75. The molecule has 3 aromatic rings.